The summed E-state index contributed by atoms with van der Waals surface area (Å²) in [5.41, 5.74) is 2.38. The molecular weight excluding hydrogens is 322 g/mol. The summed E-state index contributed by atoms with van der Waals surface area (Å²) >= 11 is 0. The fraction of sp³-hybridized carbons (Fsp3) is 0.111. The number of aromatic nitrogens is 1. The second-order valence-electron chi connectivity index (χ2n) is 5.71. The zero-order valence-electron chi connectivity index (χ0n) is 13.6. The van der Waals surface area contributed by atoms with Gasteiger partial charge in [0.25, 0.3) is 17.4 Å². The van der Waals surface area contributed by atoms with Crippen LogP contribution in [0.2, 0.25) is 0 Å². The van der Waals surface area contributed by atoms with Crippen molar-refractivity contribution >= 4 is 34.0 Å². The predicted molar refractivity (Wildman–Crippen MR) is 93.8 cm³/mol. The molecule has 0 aliphatic heterocycles. The molecule has 0 saturated heterocycles. The van der Waals surface area contributed by atoms with Gasteiger partial charge in [0.15, 0.2) is 0 Å². The zero-order chi connectivity index (χ0) is 18.1. The maximum Gasteiger partial charge on any atom is 0.296 e. The third-order valence-electron chi connectivity index (χ3n) is 4.01. The Hall–Kier alpha value is -3.48. The van der Waals surface area contributed by atoms with Crippen molar-refractivity contribution in [2.75, 3.05) is 5.32 Å². The van der Waals surface area contributed by atoms with E-state index in [0.717, 1.165) is 5.52 Å². The molecule has 1 aromatic heterocycles. The van der Waals surface area contributed by atoms with Gasteiger partial charge in [0.2, 0.25) is 0 Å². The van der Waals surface area contributed by atoms with E-state index in [0.29, 0.717) is 22.2 Å². The normalized spacial score (nSPS) is 10.6. The number of carbonyl (C=O) groups excluding carboxylic acids is 2. The molecule has 1 heterocycles. The van der Waals surface area contributed by atoms with E-state index in [4.69, 9.17) is 0 Å². The highest BCUT2D eigenvalue weighted by Gasteiger charge is 2.23. The van der Waals surface area contributed by atoms with Crippen LogP contribution in [0, 0.1) is 24.0 Å². The van der Waals surface area contributed by atoms with E-state index in [1.54, 1.807) is 26.0 Å². The van der Waals surface area contributed by atoms with Crippen molar-refractivity contribution in [3.63, 3.8) is 0 Å². The molecule has 0 saturated carbocycles. The molecule has 0 bridgehead atoms. The third kappa shape index (κ3) is 2.99. The van der Waals surface area contributed by atoms with Gasteiger partial charge in [0, 0.05) is 28.7 Å². The Morgan fingerprint density at radius 3 is 2.56 bits per heavy atom. The van der Waals surface area contributed by atoms with E-state index >= 15 is 0 Å². The van der Waals surface area contributed by atoms with Crippen molar-refractivity contribution in [2.24, 2.45) is 0 Å². The van der Waals surface area contributed by atoms with Gasteiger partial charge in [-0.1, -0.05) is 24.3 Å². The monoisotopic (exact) mass is 337 g/mol. The molecule has 0 radical (unpaired) electrons. The fourth-order valence-electron chi connectivity index (χ4n) is 2.72. The van der Waals surface area contributed by atoms with Gasteiger partial charge in [-0.15, -0.1) is 0 Å². The number of nitro benzene ring substituents is 1. The number of carbonyl (C=O) groups is 2. The van der Waals surface area contributed by atoms with E-state index in [1.807, 2.05) is 12.1 Å². The van der Waals surface area contributed by atoms with Gasteiger partial charge in [-0.25, -0.2) is 0 Å². The fourth-order valence-corrected chi connectivity index (χ4v) is 2.72. The number of para-hydroxylation sites is 1. The van der Waals surface area contributed by atoms with Crippen LogP contribution in [-0.2, 0) is 4.79 Å². The summed E-state index contributed by atoms with van der Waals surface area (Å²) in [4.78, 5) is 38.4. The van der Waals surface area contributed by atoms with Gasteiger partial charge in [-0.05, 0) is 25.5 Å². The van der Waals surface area contributed by atoms with E-state index in [9.17, 15) is 19.7 Å². The van der Waals surface area contributed by atoms with Gasteiger partial charge in [0.05, 0.1) is 16.2 Å². The molecule has 25 heavy (non-hydrogen) atoms. The Labute approximate surface area is 142 Å². The molecule has 1 amide bonds. The number of nitro groups is 1. The number of ketones is 1. The average molecular weight is 337 g/mol. The molecular formula is C18H15N3O4. The van der Waals surface area contributed by atoms with Gasteiger partial charge in [0.1, 0.15) is 0 Å². The molecule has 0 aliphatic carbocycles. The summed E-state index contributed by atoms with van der Waals surface area (Å²) in [6.45, 7) is 3.42. The molecule has 7 nitrogen and oxygen atoms in total. The molecule has 0 fully saturated rings. The Bertz CT molecular complexity index is 1020. The number of benzene rings is 2. The number of nitrogens with zero attached hydrogens (tertiary/aromatic N) is 1. The quantitative estimate of drug-likeness (QED) is 0.329. The lowest BCUT2D eigenvalue weighted by molar-refractivity contribution is -0.384. The topological polar surface area (TPSA) is 105 Å². The largest absolute Gasteiger partial charge is 0.358 e. The molecule has 0 spiro atoms. The number of hydrogen-bond donors (Lipinski definition) is 2. The van der Waals surface area contributed by atoms with E-state index in [2.05, 4.69) is 10.3 Å². The Balaban J connectivity index is 1.93. The summed E-state index contributed by atoms with van der Waals surface area (Å²) in [5, 5.41) is 14.0. The van der Waals surface area contributed by atoms with Crippen LogP contribution in [0.3, 0.4) is 0 Å². The predicted octanol–water partition coefficient (Wildman–Crippen LogP) is 3.51. The van der Waals surface area contributed by atoms with Crippen LogP contribution in [0.15, 0.2) is 42.5 Å². The molecule has 3 rings (SSSR count). The van der Waals surface area contributed by atoms with E-state index < -0.39 is 16.6 Å². The SMILES string of the molecule is Cc1ccc([N+](=O)[O-])cc1NC(=O)C(=O)c1c(C)[nH]c2ccccc12. The second kappa shape index (κ2) is 6.20. The summed E-state index contributed by atoms with van der Waals surface area (Å²) in [7, 11) is 0. The summed E-state index contributed by atoms with van der Waals surface area (Å²) in [6, 6.07) is 11.3. The number of non-ortho nitro benzene ring substituents is 1. The minimum Gasteiger partial charge on any atom is -0.358 e. The maximum absolute atomic E-state index is 12.6. The number of aryl methyl sites for hydroxylation is 2. The first kappa shape index (κ1) is 16.4. The van der Waals surface area contributed by atoms with Crippen molar-refractivity contribution < 1.29 is 14.5 Å². The Kier molecular flexibility index (Phi) is 4.06. The molecule has 0 aliphatic rings. The molecule has 3 aromatic rings. The van der Waals surface area contributed by atoms with E-state index in [1.165, 1.54) is 18.2 Å². The van der Waals surface area contributed by atoms with Crippen LogP contribution in [0.5, 0.6) is 0 Å². The van der Waals surface area contributed by atoms with Gasteiger partial charge in [-0.2, -0.15) is 0 Å². The number of rotatable bonds is 4. The average Bonchev–Trinajstić information content (AvgIpc) is 2.91. The summed E-state index contributed by atoms with van der Waals surface area (Å²) < 4.78 is 0. The second-order valence-corrected chi connectivity index (χ2v) is 5.71. The number of nitrogens with one attached hydrogen (secondary N) is 2. The Morgan fingerprint density at radius 1 is 1.12 bits per heavy atom. The minimum atomic E-state index is -0.837. The van der Waals surface area contributed by atoms with E-state index in [-0.39, 0.29) is 11.4 Å². The van der Waals surface area contributed by atoms with Crippen LogP contribution < -0.4 is 5.32 Å². The smallest absolute Gasteiger partial charge is 0.296 e. The van der Waals surface area contributed by atoms with Crippen molar-refractivity contribution in [2.45, 2.75) is 13.8 Å². The number of aromatic amines is 1. The number of hydrogen-bond acceptors (Lipinski definition) is 4. The number of H-pyrrole nitrogens is 1. The highest BCUT2D eigenvalue weighted by atomic mass is 16.6. The first-order valence-electron chi connectivity index (χ1n) is 7.56. The molecule has 0 atom stereocenters. The van der Waals surface area contributed by atoms with Crippen LogP contribution in [0.1, 0.15) is 21.6 Å². The molecule has 2 aromatic carbocycles. The van der Waals surface area contributed by atoms with Crippen LogP contribution in [-0.4, -0.2) is 21.6 Å². The van der Waals surface area contributed by atoms with Crippen LogP contribution in [0.25, 0.3) is 10.9 Å². The van der Waals surface area contributed by atoms with Crippen molar-refractivity contribution in [1.29, 1.82) is 0 Å². The van der Waals surface area contributed by atoms with Crippen molar-refractivity contribution in [1.82, 2.24) is 4.98 Å². The number of amides is 1. The lowest BCUT2D eigenvalue weighted by Crippen LogP contribution is -2.23. The number of fused-ring (bicyclic) bond motifs is 1. The number of anilines is 1. The Morgan fingerprint density at radius 2 is 1.84 bits per heavy atom. The number of Topliss-reactive ketones (excluding diaryl/α,β-unsaturated/α-hetero) is 1. The van der Waals surface area contributed by atoms with Crippen LogP contribution >= 0.6 is 0 Å². The summed E-state index contributed by atoms with van der Waals surface area (Å²) in [5.74, 6) is -1.53. The minimum absolute atomic E-state index is 0.156. The standard InChI is InChI=1S/C18H15N3O4/c1-10-7-8-12(21(24)25)9-15(10)20-18(23)17(22)16-11(2)19-14-6-4-3-5-13(14)16/h3-9,19H,1-2H3,(H,20,23). The van der Waals surface area contributed by atoms with Crippen molar-refractivity contribution in [3.8, 4) is 0 Å². The van der Waals surface area contributed by atoms with Gasteiger partial charge in [-0.3, -0.25) is 19.7 Å². The molecule has 7 heteroatoms. The zero-order valence-corrected chi connectivity index (χ0v) is 13.6. The maximum atomic E-state index is 12.6. The first-order valence-corrected chi connectivity index (χ1v) is 7.56. The van der Waals surface area contributed by atoms with Gasteiger partial charge >= 0.3 is 0 Å². The van der Waals surface area contributed by atoms with Gasteiger partial charge < -0.3 is 10.3 Å². The van der Waals surface area contributed by atoms with Crippen molar-refractivity contribution in [3.05, 3.63) is 69.4 Å². The lowest BCUT2D eigenvalue weighted by Gasteiger charge is -2.08. The highest BCUT2D eigenvalue weighted by Crippen LogP contribution is 2.25. The third-order valence-corrected chi connectivity index (χ3v) is 4.01. The molecule has 126 valence electrons. The summed E-state index contributed by atoms with van der Waals surface area (Å²) in [6.07, 6.45) is 0. The molecule has 2 N–H and O–H groups in total. The highest BCUT2D eigenvalue weighted by molar-refractivity contribution is 6.48. The molecule has 0 unspecified atom stereocenters. The van der Waals surface area contributed by atoms with Crippen LogP contribution in [0.4, 0.5) is 11.4 Å². The lowest BCUT2D eigenvalue weighted by atomic mass is 10.1. The first-order chi connectivity index (χ1) is 11.9.